The fourth-order valence-corrected chi connectivity index (χ4v) is 3.18. The smallest absolute Gasteiger partial charge is 0.251 e. The van der Waals surface area contributed by atoms with Crippen molar-refractivity contribution in [3.05, 3.63) is 39.9 Å². The van der Waals surface area contributed by atoms with Crippen molar-refractivity contribution in [2.24, 2.45) is 10.7 Å². The first-order valence-corrected chi connectivity index (χ1v) is 9.95. The number of hydrogen-bond acceptors (Lipinski definition) is 6. The lowest BCUT2D eigenvalue weighted by Gasteiger charge is -2.14. The molecular formula is C19H29N7O4. The lowest BCUT2D eigenvalue weighted by atomic mass is 10.1. The molecule has 0 aromatic heterocycles. The number of aliphatic imine (C=N–C) groups is 1. The van der Waals surface area contributed by atoms with Gasteiger partial charge >= 0.3 is 0 Å². The van der Waals surface area contributed by atoms with Crippen LogP contribution in [0.3, 0.4) is 0 Å². The van der Waals surface area contributed by atoms with Gasteiger partial charge in [-0.25, -0.2) is 15.1 Å². The molecule has 1 heterocycles. The number of carbonyl (C=O) groups is 2. The lowest BCUT2D eigenvalue weighted by molar-refractivity contribution is -0.525. The highest BCUT2D eigenvalue weighted by Crippen LogP contribution is 2.15. The van der Waals surface area contributed by atoms with Gasteiger partial charge in [0.1, 0.15) is 0 Å². The monoisotopic (exact) mass is 419 g/mol. The second-order valence-corrected chi connectivity index (χ2v) is 7.21. The summed E-state index contributed by atoms with van der Waals surface area (Å²) in [7, 11) is 0. The summed E-state index contributed by atoms with van der Waals surface area (Å²) in [5.41, 5.74) is 8.87. The molecule has 1 aliphatic rings. The van der Waals surface area contributed by atoms with Gasteiger partial charge in [-0.1, -0.05) is 30.0 Å². The van der Waals surface area contributed by atoms with E-state index in [1.54, 1.807) is 5.43 Å². The Labute approximate surface area is 175 Å². The molecule has 0 aliphatic carbocycles. The van der Waals surface area contributed by atoms with Crippen molar-refractivity contribution in [1.29, 1.82) is 0 Å². The number of unbranched alkanes of at least 4 members (excludes halogenated alkanes) is 2. The molecule has 11 heteroatoms. The van der Waals surface area contributed by atoms with Crippen LogP contribution in [0.5, 0.6) is 0 Å². The predicted molar refractivity (Wildman–Crippen MR) is 113 cm³/mol. The Morgan fingerprint density at radius 2 is 2.07 bits per heavy atom. The Morgan fingerprint density at radius 3 is 2.80 bits per heavy atom. The van der Waals surface area contributed by atoms with Gasteiger partial charge in [0, 0.05) is 31.2 Å². The van der Waals surface area contributed by atoms with Crippen LogP contribution < -0.4 is 27.1 Å². The van der Waals surface area contributed by atoms with Crippen LogP contribution in [0.25, 0.3) is 0 Å². The number of nitrogens with zero attached hydrogens (tertiary/aromatic N) is 2. The first-order valence-electron chi connectivity index (χ1n) is 9.95. The highest BCUT2D eigenvalue weighted by molar-refractivity contribution is 5.95. The number of amides is 2. The van der Waals surface area contributed by atoms with E-state index in [0.29, 0.717) is 38.8 Å². The Hall–Kier alpha value is -3.21. The molecule has 0 unspecified atom stereocenters. The number of rotatable bonds is 10. The summed E-state index contributed by atoms with van der Waals surface area (Å²) >= 11 is 0. The summed E-state index contributed by atoms with van der Waals surface area (Å²) in [5, 5.41) is 18.4. The molecule has 2 amide bonds. The topological polar surface area (TPSA) is 164 Å². The van der Waals surface area contributed by atoms with E-state index >= 15 is 0 Å². The number of guanidine groups is 1. The third kappa shape index (κ3) is 8.03. The van der Waals surface area contributed by atoms with Gasteiger partial charge < -0.3 is 21.7 Å². The summed E-state index contributed by atoms with van der Waals surface area (Å²) in [5.74, 6) is -0.389. The number of nitrogens with one attached hydrogen (secondary N) is 4. The van der Waals surface area contributed by atoms with Crippen LogP contribution in [-0.2, 0) is 9.59 Å². The van der Waals surface area contributed by atoms with E-state index in [9.17, 15) is 19.7 Å². The molecule has 1 aromatic carbocycles. The largest absolute Gasteiger partial charge is 0.365 e. The number of aryl methyl sites for hydroxylation is 1. The van der Waals surface area contributed by atoms with E-state index < -0.39 is 5.03 Å². The van der Waals surface area contributed by atoms with Crippen molar-refractivity contribution in [2.75, 3.05) is 18.4 Å². The van der Waals surface area contributed by atoms with Crippen molar-refractivity contribution in [3.63, 3.8) is 0 Å². The third-order valence-electron chi connectivity index (χ3n) is 4.77. The Kier molecular flexibility index (Phi) is 9.01. The standard InChI is InChI=1S/C19H29N7O4/c1-13-7-4-5-8-15(13)24-18(28)16-11-14(12-22-16)23-17(27)9-3-2-6-10-21-19(20)25-26(29)30/h4-5,7-8,14,16,22H,2-3,6,9-12H2,1H3,(H,23,27)(H,24,28)(H3,20,21,25)/t14-,16-/m0/s1. The van der Waals surface area contributed by atoms with Gasteiger partial charge in [0.15, 0.2) is 5.03 Å². The van der Waals surface area contributed by atoms with Gasteiger partial charge in [-0.2, -0.15) is 0 Å². The molecule has 11 nitrogen and oxygen atoms in total. The molecule has 30 heavy (non-hydrogen) atoms. The van der Waals surface area contributed by atoms with Crippen LogP contribution in [0, 0.1) is 17.0 Å². The molecular weight excluding hydrogens is 390 g/mol. The summed E-state index contributed by atoms with van der Waals surface area (Å²) in [6, 6.07) is 7.17. The number of hydrogen-bond donors (Lipinski definition) is 5. The SMILES string of the molecule is Cc1ccccc1NC(=O)[C@@H]1C[C@H](NC(=O)CCCCCN=C(N)N[N+](=O)[O-])CN1. The van der Waals surface area contributed by atoms with Gasteiger partial charge in [0.2, 0.25) is 11.8 Å². The third-order valence-corrected chi connectivity index (χ3v) is 4.77. The molecule has 0 radical (unpaired) electrons. The number of carbonyl (C=O) groups excluding carboxylic acids is 2. The molecule has 6 N–H and O–H groups in total. The van der Waals surface area contributed by atoms with Crippen molar-refractivity contribution < 1.29 is 14.6 Å². The Morgan fingerprint density at radius 1 is 1.30 bits per heavy atom. The number of hydrazine groups is 1. The molecule has 0 spiro atoms. The van der Waals surface area contributed by atoms with Crippen molar-refractivity contribution in [1.82, 2.24) is 16.1 Å². The minimum absolute atomic E-state index is 0.0557. The highest BCUT2D eigenvalue weighted by atomic mass is 16.7. The average Bonchev–Trinajstić information content (AvgIpc) is 3.14. The van der Waals surface area contributed by atoms with Crippen molar-refractivity contribution >= 4 is 23.5 Å². The maximum Gasteiger partial charge on any atom is 0.251 e. The molecule has 164 valence electrons. The zero-order valence-corrected chi connectivity index (χ0v) is 17.0. The van der Waals surface area contributed by atoms with E-state index in [2.05, 4.69) is 20.9 Å². The number of para-hydroxylation sites is 1. The molecule has 2 rings (SSSR count). The maximum atomic E-state index is 12.4. The zero-order chi connectivity index (χ0) is 21.9. The fraction of sp³-hybridized carbons (Fsp3) is 0.526. The van der Waals surface area contributed by atoms with Crippen LogP contribution in [0.4, 0.5) is 5.69 Å². The Bertz CT molecular complexity index is 784. The normalized spacial score (nSPS) is 18.6. The summed E-state index contributed by atoms with van der Waals surface area (Å²) in [6.45, 7) is 2.85. The van der Waals surface area contributed by atoms with Crippen LogP contribution in [-0.4, -0.2) is 48.0 Å². The fourth-order valence-electron chi connectivity index (χ4n) is 3.18. The van der Waals surface area contributed by atoms with Crippen molar-refractivity contribution in [2.45, 2.75) is 51.1 Å². The molecule has 1 saturated heterocycles. The molecule has 0 saturated carbocycles. The second-order valence-electron chi connectivity index (χ2n) is 7.21. The van der Waals surface area contributed by atoms with E-state index in [1.165, 1.54) is 0 Å². The first kappa shape index (κ1) is 23.1. The highest BCUT2D eigenvalue weighted by Gasteiger charge is 2.30. The lowest BCUT2D eigenvalue weighted by Crippen LogP contribution is -2.36. The van der Waals surface area contributed by atoms with Gasteiger partial charge in [-0.15, -0.1) is 0 Å². The number of nitrogens with two attached hydrogens (primary N) is 1. The van der Waals surface area contributed by atoms with Gasteiger partial charge in [0.25, 0.3) is 5.96 Å². The minimum atomic E-state index is -0.766. The second kappa shape index (κ2) is 11.7. The number of anilines is 1. The van der Waals surface area contributed by atoms with Crippen LogP contribution in [0.2, 0.25) is 0 Å². The van der Waals surface area contributed by atoms with E-state index in [0.717, 1.165) is 17.7 Å². The van der Waals surface area contributed by atoms with Crippen molar-refractivity contribution in [3.8, 4) is 0 Å². The first-order chi connectivity index (χ1) is 14.3. The van der Waals surface area contributed by atoms with Crippen LogP contribution in [0.15, 0.2) is 29.3 Å². The molecule has 1 aromatic rings. The average molecular weight is 419 g/mol. The van der Waals surface area contributed by atoms with Gasteiger partial charge in [0.05, 0.1) is 6.04 Å². The quantitative estimate of drug-likeness (QED) is 0.121. The van der Waals surface area contributed by atoms with E-state index in [-0.39, 0.29) is 29.9 Å². The van der Waals surface area contributed by atoms with Crippen LogP contribution in [0.1, 0.15) is 37.7 Å². The zero-order valence-electron chi connectivity index (χ0n) is 17.0. The van der Waals surface area contributed by atoms with Gasteiger partial charge in [-0.3, -0.25) is 9.59 Å². The summed E-state index contributed by atoms with van der Waals surface area (Å²) in [4.78, 5) is 38.5. The van der Waals surface area contributed by atoms with E-state index in [1.807, 2.05) is 31.2 Å². The summed E-state index contributed by atoms with van der Waals surface area (Å²) < 4.78 is 0. The predicted octanol–water partition coefficient (Wildman–Crippen LogP) is 0.437. The van der Waals surface area contributed by atoms with Gasteiger partial charge in [-0.05, 0) is 37.8 Å². The molecule has 0 bridgehead atoms. The van der Waals surface area contributed by atoms with Crippen LogP contribution >= 0.6 is 0 Å². The number of benzene rings is 1. The molecule has 1 aliphatic heterocycles. The molecule has 2 atom stereocenters. The molecule has 1 fully saturated rings. The summed E-state index contributed by atoms with van der Waals surface area (Å²) in [6.07, 6.45) is 3.04. The maximum absolute atomic E-state index is 12.4. The van der Waals surface area contributed by atoms with E-state index in [4.69, 9.17) is 5.73 Å². The Balaban J connectivity index is 1.61. The minimum Gasteiger partial charge on any atom is -0.365 e. The number of nitro groups is 1.